The Morgan fingerprint density at radius 1 is 1.59 bits per heavy atom. The van der Waals surface area contributed by atoms with E-state index in [0.717, 1.165) is 12.8 Å². The van der Waals surface area contributed by atoms with Gasteiger partial charge in [0.2, 0.25) is 0 Å². The molecule has 0 bridgehead atoms. The van der Waals surface area contributed by atoms with Crippen molar-refractivity contribution in [1.29, 1.82) is 0 Å². The molecule has 0 saturated carbocycles. The molecule has 2 N–H and O–H groups in total. The second-order valence-electron chi connectivity index (χ2n) is 4.66. The van der Waals surface area contributed by atoms with Crippen LogP contribution in [0.5, 0.6) is 0 Å². The largest absolute Gasteiger partial charge is 0.508 e. The number of hydrogen-bond acceptors (Lipinski definition) is 8. The van der Waals surface area contributed by atoms with Gasteiger partial charge in [0.05, 0.1) is 12.7 Å². The smallest absolute Gasteiger partial charge is 0.435 e. The fraction of sp³-hybridized carbons (Fsp3) is 0.500. The Morgan fingerprint density at radius 2 is 2.41 bits per heavy atom. The fourth-order valence-corrected chi connectivity index (χ4v) is 2.20. The molecule has 2 heterocycles. The Hall–Kier alpha value is -2.35. The Balaban J connectivity index is 1.91. The van der Waals surface area contributed by atoms with E-state index in [1.165, 1.54) is 6.34 Å². The zero-order chi connectivity index (χ0) is 15.9. The van der Waals surface area contributed by atoms with Crippen molar-refractivity contribution in [3.05, 3.63) is 24.4 Å². The van der Waals surface area contributed by atoms with E-state index < -0.39 is 6.16 Å². The second-order valence-corrected chi connectivity index (χ2v) is 4.66. The molecule has 0 amide bonds. The number of amidine groups is 1. The molecule has 1 fully saturated rings. The van der Waals surface area contributed by atoms with Gasteiger partial charge in [-0.15, -0.1) is 0 Å². The Morgan fingerprint density at radius 3 is 3.14 bits per heavy atom. The molecule has 8 heteroatoms. The number of allylic oxidation sites excluding steroid dienone is 2. The van der Waals surface area contributed by atoms with Crippen LogP contribution in [0.4, 0.5) is 4.79 Å². The third kappa shape index (κ3) is 3.85. The molecule has 1 saturated heterocycles. The van der Waals surface area contributed by atoms with Crippen molar-refractivity contribution in [1.82, 2.24) is 5.01 Å². The molecule has 2 aliphatic heterocycles. The molecule has 8 nitrogen and oxygen atoms in total. The average molecular weight is 308 g/mol. The number of nitrogens with zero attached hydrogens (tertiary/aromatic N) is 3. The molecule has 120 valence electrons. The minimum Gasteiger partial charge on any atom is -0.435 e. The quantitative estimate of drug-likeness (QED) is 0.770. The van der Waals surface area contributed by atoms with E-state index in [4.69, 9.17) is 19.9 Å². The Bertz CT molecular complexity index is 515. The van der Waals surface area contributed by atoms with Gasteiger partial charge in [0.25, 0.3) is 0 Å². The monoisotopic (exact) mass is 308 g/mol. The first kappa shape index (κ1) is 16.0. The molecular weight excluding hydrogens is 288 g/mol. The molecular formula is C14H20N4O4. The van der Waals surface area contributed by atoms with E-state index >= 15 is 0 Å². The summed E-state index contributed by atoms with van der Waals surface area (Å²) in [6.07, 6.45) is 5.02. The highest BCUT2D eigenvalue weighted by molar-refractivity contribution is 6.01. The van der Waals surface area contributed by atoms with Crippen LogP contribution in [0, 0.1) is 0 Å². The fourth-order valence-electron chi connectivity index (χ4n) is 2.20. The van der Waals surface area contributed by atoms with Crippen molar-refractivity contribution in [3.8, 4) is 0 Å². The van der Waals surface area contributed by atoms with Crippen molar-refractivity contribution < 1.29 is 19.0 Å². The van der Waals surface area contributed by atoms with Crippen LogP contribution < -0.4 is 5.73 Å². The molecule has 0 radical (unpaired) electrons. The third-order valence-corrected chi connectivity index (χ3v) is 3.17. The number of aliphatic imine (C=N–C) groups is 1. The van der Waals surface area contributed by atoms with Crippen LogP contribution in [-0.2, 0) is 14.2 Å². The number of hydrazone groups is 1. The first-order chi connectivity index (χ1) is 10.7. The van der Waals surface area contributed by atoms with Crippen LogP contribution in [0.3, 0.4) is 0 Å². The van der Waals surface area contributed by atoms with Gasteiger partial charge in [-0.05, 0) is 25.8 Å². The molecule has 22 heavy (non-hydrogen) atoms. The maximum Gasteiger partial charge on any atom is 0.508 e. The summed E-state index contributed by atoms with van der Waals surface area (Å²) in [7, 11) is 0. The predicted molar refractivity (Wildman–Crippen MR) is 81.1 cm³/mol. The minimum absolute atomic E-state index is 0.150. The normalized spacial score (nSPS) is 26.0. The van der Waals surface area contributed by atoms with Gasteiger partial charge in [0.1, 0.15) is 18.6 Å². The van der Waals surface area contributed by atoms with E-state index in [9.17, 15) is 4.79 Å². The van der Waals surface area contributed by atoms with Gasteiger partial charge in [-0.1, -0.05) is 12.7 Å². The zero-order valence-electron chi connectivity index (χ0n) is 12.5. The second kappa shape index (κ2) is 7.60. The van der Waals surface area contributed by atoms with Gasteiger partial charge in [-0.25, -0.2) is 14.8 Å². The number of carbonyl (C=O) groups excluding carboxylic acids is 1. The van der Waals surface area contributed by atoms with Crippen molar-refractivity contribution in [2.45, 2.75) is 32.1 Å². The lowest BCUT2D eigenvalue weighted by atomic mass is 10.2. The number of hydrogen-bond donors (Lipinski definition) is 1. The molecule has 1 unspecified atom stereocenters. The lowest BCUT2D eigenvalue weighted by Crippen LogP contribution is -2.38. The maximum atomic E-state index is 11.2. The van der Waals surface area contributed by atoms with Crippen LogP contribution in [0.2, 0.25) is 0 Å². The summed E-state index contributed by atoms with van der Waals surface area (Å²) in [5.41, 5.74) is 6.48. The topological polar surface area (TPSA) is 98.7 Å². The predicted octanol–water partition coefficient (Wildman–Crippen LogP) is 1.35. The molecule has 0 aromatic carbocycles. The number of ether oxygens (including phenoxy) is 3. The standard InChI is InChI=1S/C14H20N4O4/c1-3-5-11-13(15)16-9-17-18(11)12-7-6-10(22-12)8-21-14(19)20-4-2/h3,5,9-10,12H,1,4,6-8H2,2H3,(H2,15,16,17)/b11-5-/t10?,12-/m1/s1. The summed E-state index contributed by atoms with van der Waals surface area (Å²) in [6.45, 7) is 5.80. The van der Waals surface area contributed by atoms with Crippen LogP contribution in [0.1, 0.15) is 19.8 Å². The lowest BCUT2D eigenvalue weighted by molar-refractivity contribution is -0.0610. The van der Waals surface area contributed by atoms with Crippen molar-refractivity contribution in [2.75, 3.05) is 13.2 Å². The molecule has 0 aliphatic carbocycles. The van der Waals surface area contributed by atoms with E-state index in [0.29, 0.717) is 11.5 Å². The zero-order valence-corrected chi connectivity index (χ0v) is 12.5. The molecule has 2 atom stereocenters. The van der Waals surface area contributed by atoms with Gasteiger partial charge in [0.15, 0.2) is 12.1 Å². The Kier molecular flexibility index (Phi) is 5.54. The SMILES string of the molecule is C=C/C=C1/C(N)=NC=NN1[C@H]1CCC(COC(=O)OCC)O1. The van der Waals surface area contributed by atoms with E-state index in [1.54, 1.807) is 24.1 Å². The van der Waals surface area contributed by atoms with Crippen LogP contribution in [0.15, 0.2) is 34.5 Å². The van der Waals surface area contributed by atoms with Crippen LogP contribution in [0.25, 0.3) is 0 Å². The highest BCUT2D eigenvalue weighted by Crippen LogP contribution is 2.27. The highest BCUT2D eigenvalue weighted by atomic mass is 16.7. The van der Waals surface area contributed by atoms with Crippen molar-refractivity contribution >= 4 is 18.3 Å². The molecule has 0 spiro atoms. The van der Waals surface area contributed by atoms with Gasteiger partial charge >= 0.3 is 6.16 Å². The van der Waals surface area contributed by atoms with Crippen LogP contribution >= 0.6 is 0 Å². The van der Waals surface area contributed by atoms with E-state index in [2.05, 4.69) is 16.7 Å². The number of nitrogens with two attached hydrogens (primary N) is 1. The van der Waals surface area contributed by atoms with E-state index in [-0.39, 0.29) is 25.5 Å². The Labute approximate surface area is 128 Å². The maximum absolute atomic E-state index is 11.2. The first-order valence-corrected chi connectivity index (χ1v) is 7.08. The summed E-state index contributed by atoms with van der Waals surface area (Å²) < 4.78 is 15.5. The molecule has 2 aliphatic rings. The van der Waals surface area contributed by atoms with Gasteiger partial charge in [-0.3, -0.25) is 0 Å². The summed E-state index contributed by atoms with van der Waals surface area (Å²) in [5.74, 6) is 0.352. The van der Waals surface area contributed by atoms with Gasteiger partial charge < -0.3 is 19.9 Å². The number of rotatable bonds is 5. The van der Waals surface area contributed by atoms with Gasteiger partial charge in [0, 0.05) is 0 Å². The summed E-state index contributed by atoms with van der Waals surface area (Å²) >= 11 is 0. The molecule has 0 aromatic heterocycles. The summed E-state index contributed by atoms with van der Waals surface area (Å²) in [4.78, 5) is 15.1. The van der Waals surface area contributed by atoms with Crippen LogP contribution in [-0.4, -0.2) is 48.9 Å². The van der Waals surface area contributed by atoms with E-state index in [1.807, 2.05) is 0 Å². The van der Waals surface area contributed by atoms with Crippen molar-refractivity contribution in [2.24, 2.45) is 15.8 Å². The highest BCUT2D eigenvalue weighted by Gasteiger charge is 2.33. The summed E-state index contributed by atoms with van der Waals surface area (Å²) in [5, 5.41) is 5.85. The summed E-state index contributed by atoms with van der Waals surface area (Å²) in [6, 6.07) is 0. The lowest BCUT2D eigenvalue weighted by Gasteiger charge is -2.29. The molecule has 0 aromatic rings. The third-order valence-electron chi connectivity index (χ3n) is 3.17. The average Bonchev–Trinajstić information content (AvgIpc) is 2.96. The first-order valence-electron chi connectivity index (χ1n) is 7.08. The number of carbonyl (C=O) groups is 1. The molecule has 2 rings (SSSR count). The van der Waals surface area contributed by atoms with Crippen molar-refractivity contribution in [3.63, 3.8) is 0 Å². The van der Waals surface area contributed by atoms with Gasteiger partial charge in [-0.2, -0.15) is 5.10 Å². The minimum atomic E-state index is -0.686.